The van der Waals surface area contributed by atoms with E-state index in [-0.39, 0.29) is 4.90 Å². The standard InChI is InChI=1S/C16H19N3O4S/c1-10-8-15(11(2)7-14(10)23-3)24(21,22)19-13-6-4-5-12(9-13)18-16(17)20/h4-9,19H,1-3H3,(H3,17,18,20). The first-order valence-electron chi connectivity index (χ1n) is 7.07. The SMILES string of the molecule is COc1cc(C)c(S(=O)(=O)Nc2cccc(NC(N)=O)c2)cc1C. The molecule has 2 amide bonds. The van der Waals surface area contributed by atoms with E-state index in [9.17, 15) is 13.2 Å². The molecular weight excluding hydrogens is 330 g/mol. The van der Waals surface area contributed by atoms with E-state index in [0.29, 0.717) is 28.3 Å². The lowest BCUT2D eigenvalue weighted by molar-refractivity contribution is 0.259. The molecule has 8 heteroatoms. The summed E-state index contributed by atoms with van der Waals surface area (Å²) in [5, 5.41) is 2.39. The Morgan fingerprint density at radius 3 is 2.38 bits per heavy atom. The maximum Gasteiger partial charge on any atom is 0.316 e. The number of hydrogen-bond acceptors (Lipinski definition) is 4. The molecule has 0 spiro atoms. The van der Waals surface area contributed by atoms with Gasteiger partial charge in [0, 0.05) is 5.69 Å². The van der Waals surface area contributed by atoms with Gasteiger partial charge in [0.05, 0.1) is 17.7 Å². The fraction of sp³-hybridized carbons (Fsp3) is 0.188. The van der Waals surface area contributed by atoms with Gasteiger partial charge in [-0.05, 0) is 55.3 Å². The third-order valence-corrected chi connectivity index (χ3v) is 4.89. The van der Waals surface area contributed by atoms with Crippen LogP contribution in [0.4, 0.5) is 16.2 Å². The number of nitrogens with one attached hydrogen (secondary N) is 2. The van der Waals surface area contributed by atoms with Gasteiger partial charge in [-0.1, -0.05) is 6.07 Å². The Hall–Kier alpha value is -2.74. The molecule has 7 nitrogen and oxygen atoms in total. The fourth-order valence-electron chi connectivity index (χ4n) is 2.29. The van der Waals surface area contributed by atoms with Crippen molar-refractivity contribution in [2.24, 2.45) is 5.73 Å². The number of urea groups is 1. The minimum atomic E-state index is -3.79. The minimum absolute atomic E-state index is 0.161. The molecule has 2 aromatic rings. The lowest BCUT2D eigenvalue weighted by atomic mass is 10.1. The number of carbonyl (C=O) groups is 1. The van der Waals surface area contributed by atoms with Crippen LogP contribution >= 0.6 is 0 Å². The fourth-order valence-corrected chi connectivity index (χ4v) is 3.65. The molecule has 4 N–H and O–H groups in total. The number of amides is 2. The zero-order chi connectivity index (χ0) is 17.9. The average Bonchev–Trinajstić information content (AvgIpc) is 2.48. The van der Waals surface area contributed by atoms with Crippen LogP contribution < -0.4 is 20.5 Å². The summed E-state index contributed by atoms with van der Waals surface area (Å²) in [6.07, 6.45) is 0. The summed E-state index contributed by atoms with van der Waals surface area (Å²) in [6, 6.07) is 8.78. The van der Waals surface area contributed by atoms with Gasteiger partial charge >= 0.3 is 6.03 Å². The van der Waals surface area contributed by atoms with Crippen molar-refractivity contribution in [3.05, 3.63) is 47.5 Å². The van der Waals surface area contributed by atoms with Crippen LogP contribution in [0.3, 0.4) is 0 Å². The number of sulfonamides is 1. The number of benzene rings is 2. The van der Waals surface area contributed by atoms with Gasteiger partial charge in [0.1, 0.15) is 5.75 Å². The summed E-state index contributed by atoms with van der Waals surface area (Å²) in [6.45, 7) is 3.47. The monoisotopic (exact) mass is 349 g/mol. The molecular formula is C16H19N3O4S. The van der Waals surface area contributed by atoms with Gasteiger partial charge in [0.2, 0.25) is 0 Å². The molecule has 0 unspecified atom stereocenters. The summed E-state index contributed by atoms with van der Waals surface area (Å²) in [7, 11) is -2.25. The van der Waals surface area contributed by atoms with Crippen molar-refractivity contribution in [2.75, 3.05) is 17.1 Å². The average molecular weight is 349 g/mol. The molecule has 0 saturated heterocycles. The van der Waals surface area contributed by atoms with E-state index in [4.69, 9.17) is 10.5 Å². The number of rotatable bonds is 5. The molecule has 0 aliphatic carbocycles. The zero-order valence-electron chi connectivity index (χ0n) is 13.6. The van der Waals surface area contributed by atoms with Crippen molar-refractivity contribution < 1.29 is 17.9 Å². The Labute approximate surface area is 140 Å². The van der Waals surface area contributed by atoms with E-state index in [1.54, 1.807) is 44.2 Å². The van der Waals surface area contributed by atoms with Gasteiger partial charge < -0.3 is 15.8 Å². The van der Waals surface area contributed by atoms with Gasteiger partial charge in [0.25, 0.3) is 10.0 Å². The Morgan fingerprint density at radius 2 is 1.75 bits per heavy atom. The lowest BCUT2D eigenvalue weighted by Crippen LogP contribution is -2.19. The predicted molar refractivity (Wildman–Crippen MR) is 92.9 cm³/mol. The molecule has 0 aromatic heterocycles. The Kier molecular flexibility index (Phi) is 4.99. The second kappa shape index (κ2) is 6.79. The summed E-state index contributed by atoms with van der Waals surface area (Å²) < 4.78 is 33.0. The summed E-state index contributed by atoms with van der Waals surface area (Å²) in [5.74, 6) is 0.624. The molecule has 0 radical (unpaired) electrons. The topological polar surface area (TPSA) is 111 Å². The number of aryl methyl sites for hydroxylation is 2. The van der Waals surface area contributed by atoms with Crippen molar-refractivity contribution in [1.82, 2.24) is 0 Å². The van der Waals surface area contributed by atoms with Crippen molar-refractivity contribution in [2.45, 2.75) is 18.7 Å². The van der Waals surface area contributed by atoms with Gasteiger partial charge in [0.15, 0.2) is 0 Å². The van der Waals surface area contributed by atoms with Crippen molar-refractivity contribution in [3.8, 4) is 5.75 Å². The predicted octanol–water partition coefficient (Wildman–Crippen LogP) is 2.60. The number of carbonyl (C=O) groups excluding carboxylic acids is 1. The molecule has 0 bridgehead atoms. The summed E-state index contributed by atoms with van der Waals surface area (Å²) in [5.41, 5.74) is 7.05. The molecule has 0 fully saturated rings. The minimum Gasteiger partial charge on any atom is -0.496 e. The normalized spacial score (nSPS) is 11.0. The number of anilines is 2. The van der Waals surface area contributed by atoms with Crippen LogP contribution in [0.2, 0.25) is 0 Å². The molecule has 0 atom stereocenters. The maximum absolute atomic E-state index is 12.6. The molecule has 128 valence electrons. The highest BCUT2D eigenvalue weighted by molar-refractivity contribution is 7.92. The zero-order valence-corrected chi connectivity index (χ0v) is 14.4. The molecule has 0 aliphatic rings. The second-order valence-corrected chi connectivity index (χ2v) is 6.91. The Morgan fingerprint density at radius 1 is 1.08 bits per heavy atom. The van der Waals surface area contributed by atoms with Crippen LogP contribution in [-0.4, -0.2) is 21.6 Å². The highest BCUT2D eigenvalue weighted by Crippen LogP contribution is 2.27. The highest BCUT2D eigenvalue weighted by atomic mass is 32.2. The third kappa shape index (κ3) is 3.96. The largest absolute Gasteiger partial charge is 0.496 e. The van der Waals surface area contributed by atoms with Crippen molar-refractivity contribution >= 4 is 27.4 Å². The maximum atomic E-state index is 12.6. The first-order valence-corrected chi connectivity index (χ1v) is 8.56. The Balaban J connectivity index is 2.35. The van der Waals surface area contributed by atoms with Crippen LogP contribution in [0, 0.1) is 13.8 Å². The van der Waals surface area contributed by atoms with E-state index >= 15 is 0 Å². The first kappa shape index (κ1) is 17.6. The van der Waals surface area contributed by atoms with Gasteiger partial charge in [-0.25, -0.2) is 13.2 Å². The lowest BCUT2D eigenvalue weighted by Gasteiger charge is -2.14. The number of nitrogens with two attached hydrogens (primary N) is 1. The molecule has 0 saturated carbocycles. The van der Waals surface area contributed by atoms with Crippen LogP contribution in [0.5, 0.6) is 5.75 Å². The van der Waals surface area contributed by atoms with Gasteiger partial charge in [-0.15, -0.1) is 0 Å². The number of ether oxygens (including phenoxy) is 1. The Bertz CT molecular complexity index is 879. The van der Waals surface area contributed by atoms with Crippen LogP contribution in [0.15, 0.2) is 41.3 Å². The summed E-state index contributed by atoms with van der Waals surface area (Å²) >= 11 is 0. The molecule has 0 aliphatic heterocycles. The van der Waals surface area contributed by atoms with Crippen molar-refractivity contribution in [1.29, 1.82) is 0 Å². The van der Waals surface area contributed by atoms with Crippen LogP contribution in [0.25, 0.3) is 0 Å². The van der Waals surface area contributed by atoms with E-state index in [0.717, 1.165) is 0 Å². The third-order valence-electron chi connectivity index (χ3n) is 3.36. The summed E-state index contributed by atoms with van der Waals surface area (Å²) in [4.78, 5) is 11.1. The second-order valence-electron chi connectivity index (χ2n) is 5.26. The van der Waals surface area contributed by atoms with E-state index in [1.807, 2.05) is 0 Å². The van der Waals surface area contributed by atoms with Crippen molar-refractivity contribution in [3.63, 3.8) is 0 Å². The quantitative estimate of drug-likeness (QED) is 0.770. The molecule has 0 heterocycles. The number of methoxy groups -OCH3 is 1. The van der Waals surface area contributed by atoms with Gasteiger partial charge in [-0.2, -0.15) is 0 Å². The van der Waals surface area contributed by atoms with E-state index < -0.39 is 16.1 Å². The van der Waals surface area contributed by atoms with E-state index in [2.05, 4.69) is 10.0 Å². The first-order chi connectivity index (χ1) is 11.2. The smallest absolute Gasteiger partial charge is 0.316 e. The van der Waals surface area contributed by atoms with Crippen LogP contribution in [0.1, 0.15) is 11.1 Å². The molecule has 24 heavy (non-hydrogen) atoms. The number of hydrogen-bond donors (Lipinski definition) is 3. The molecule has 2 rings (SSSR count). The van der Waals surface area contributed by atoms with Gasteiger partial charge in [-0.3, -0.25) is 4.72 Å². The van der Waals surface area contributed by atoms with Crippen LogP contribution in [-0.2, 0) is 10.0 Å². The highest BCUT2D eigenvalue weighted by Gasteiger charge is 2.19. The van der Waals surface area contributed by atoms with E-state index in [1.165, 1.54) is 13.2 Å². The number of primary amides is 1. The molecule has 2 aromatic carbocycles.